The maximum absolute atomic E-state index is 6.64. The Balaban J connectivity index is 0.00000208. The molecule has 0 saturated heterocycles. The van der Waals surface area contributed by atoms with E-state index in [1.165, 1.54) is 0 Å². The molecule has 0 aliphatic rings. The van der Waals surface area contributed by atoms with Crippen molar-refractivity contribution in [1.29, 1.82) is 0 Å². The van der Waals surface area contributed by atoms with Gasteiger partial charge in [0.15, 0.2) is 7.26 Å². The van der Waals surface area contributed by atoms with Gasteiger partial charge in [-0.05, 0) is 71.2 Å². The summed E-state index contributed by atoms with van der Waals surface area (Å²) in [6.07, 6.45) is 0. The summed E-state index contributed by atoms with van der Waals surface area (Å²) in [6, 6.07) is 30.2. The van der Waals surface area contributed by atoms with Crippen LogP contribution in [0.4, 0.5) is 0 Å². The quantitative estimate of drug-likeness (QED) is 0.416. The summed E-state index contributed by atoms with van der Waals surface area (Å²) in [5, 5.41) is 3.16. The van der Waals surface area contributed by atoms with Crippen molar-refractivity contribution in [2.75, 3.05) is 0 Å². The van der Waals surface area contributed by atoms with E-state index in [-0.39, 0.29) is 17.0 Å². The third-order valence-corrected chi connectivity index (χ3v) is 10.1. The molecule has 0 radical (unpaired) electrons. The molecule has 3 aromatic rings. The molecule has 0 aromatic heterocycles. The predicted octanol–water partition coefficient (Wildman–Crippen LogP) is 2.31. The van der Waals surface area contributed by atoms with Gasteiger partial charge in [0, 0.05) is 0 Å². The third-order valence-electron chi connectivity index (χ3n) is 3.81. The Morgan fingerprint density at radius 2 is 0.750 bits per heavy atom. The molecule has 24 heavy (non-hydrogen) atoms. The second kappa shape index (κ2) is 8.21. The van der Waals surface area contributed by atoms with Crippen LogP contribution in [0.3, 0.4) is 0 Å². The topological polar surface area (TPSA) is 0 Å². The number of alkyl halides is 3. The minimum Gasteiger partial charge on any atom is -1.00 e. The number of hydrogen-bond donors (Lipinski definition) is 0. The lowest BCUT2D eigenvalue weighted by Gasteiger charge is -2.32. The fourth-order valence-corrected chi connectivity index (χ4v) is 9.11. The van der Waals surface area contributed by atoms with Crippen molar-refractivity contribution < 1.29 is 17.0 Å². The molecule has 0 unspecified atom stereocenters. The van der Waals surface area contributed by atoms with E-state index in [1.54, 1.807) is 0 Å². The van der Waals surface area contributed by atoms with Crippen LogP contribution in [0.25, 0.3) is 0 Å². The minimum absolute atomic E-state index is 0. The van der Waals surface area contributed by atoms with Crippen molar-refractivity contribution in [2.45, 2.75) is 3.53 Å². The number of rotatable bonds is 3. The lowest BCUT2D eigenvalue weighted by atomic mass is 10.4. The molecule has 0 fully saturated rings. The Morgan fingerprint density at radius 1 is 0.500 bits per heavy atom. The molecule has 124 valence electrons. The van der Waals surface area contributed by atoms with E-state index in [0.717, 1.165) is 15.9 Å². The van der Waals surface area contributed by atoms with Crippen molar-refractivity contribution in [3.05, 3.63) is 91.0 Å². The average molecular weight is 461 g/mol. The Morgan fingerprint density at radius 3 is 0.958 bits per heavy atom. The van der Waals surface area contributed by atoms with E-state index in [1.807, 2.05) is 54.6 Å². The first-order valence-electron chi connectivity index (χ1n) is 7.19. The maximum Gasteiger partial charge on any atom is 0.313 e. The van der Waals surface area contributed by atoms with Gasteiger partial charge < -0.3 is 17.0 Å². The monoisotopic (exact) mass is 458 g/mol. The van der Waals surface area contributed by atoms with Crippen LogP contribution in [0.1, 0.15) is 0 Å². The van der Waals surface area contributed by atoms with E-state index >= 15 is 0 Å². The summed E-state index contributed by atoms with van der Waals surface area (Å²) in [6.45, 7) is 0. The number of hydrogen-bond acceptors (Lipinski definition) is 0. The molecule has 0 amide bonds. The second-order valence-corrected chi connectivity index (χ2v) is 11.8. The third kappa shape index (κ3) is 3.52. The van der Waals surface area contributed by atoms with Gasteiger partial charge in [0.1, 0.15) is 15.9 Å². The lowest BCUT2D eigenvalue weighted by molar-refractivity contribution is -0.00000416. The smallest absolute Gasteiger partial charge is 0.313 e. The Kier molecular flexibility index (Phi) is 6.76. The van der Waals surface area contributed by atoms with Gasteiger partial charge in [0.05, 0.1) is 0 Å². The SMILES string of the molecule is ClC(Cl)(Cl)[P+](c1ccccc1)(c1ccccc1)c1ccccc1.[Br-]. The molecule has 0 bridgehead atoms. The second-order valence-electron chi connectivity index (χ2n) is 5.15. The largest absolute Gasteiger partial charge is 1.00 e. The molecule has 5 heteroatoms. The average Bonchev–Trinajstić information content (AvgIpc) is 2.57. The summed E-state index contributed by atoms with van der Waals surface area (Å²) in [5.41, 5.74) is 0. The van der Waals surface area contributed by atoms with Crippen LogP contribution in [-0.2, 0) is 0 Å². The Bertz CT molecular complexity index is 662. The van der Waals surface area contributed by atoms with Crippen molar-refractivity contribution >= 4 is 58.0 Å². The Labute approximate surface area is 168 Å². The van der Waals surface area contributed by atoms with E-state index in [9.17, 15) is 0 Å². The highest BCUT2D eigenvalue weighted by Gasteiger charge is 2.61. The van der Waals surface area contributed by atoms with Gasteiger partial charge in [0.2, 0.25) is 0 Å². The van der Waals surface area contributed by atoms with Crippen LogP contribution < -0.4 is 32.9 Å². The molecule has 0 spiro atoms. The van der Waals surface area contributed by atoms with Crippen molar-refractivity contribution in [3.8, 4) is 0 Å². The molecule has 3 aromatic carbocycles. The number of halogens is 4. The van der Waals surface area contributed by atoms with Gasteiger partial charge >= 0.3 is 3.53 Å². The van der Waals surface area contributed by atoms with Crippen LogP contribution in [-0.4, -0.2) is 3.53 Å². The van der Waals surface area contributed by atoms with Gasteiger partial charge in [-0.25, -0.2) is 0 Å². The predicted molar refractivity (Wildman–Crippen MR) is 105 cm³/mol. The molecular weight excluding hydrogens is 445 g/mol. The molecule has 3 rings (SSSR count). The minimum atomic E-state index is -2.44. The first-order valence-corrected chi connectivity index (χ1v) is 10.1. The molecule has 0 atom stereocenters. The molecule has 0 saturated carbocycles. The van der Waals surface area contributed by atoms with Gasteiger partial charge in [0.25, 0.3) is 0 Å². The van der Waals surface area contributed by atoms with Crippen molar-refractivity contribution in [1.82, 2.24) is 0 Å². The van der Waals surface area contributed by atoms with E-state index in [0.29, 0.717) is 0 Å². The van der Waals surface area contributed by atoms with Crippen molar-refractivity contribution in [3.63, 3.8) is 0 Å². The molecule has 0 N–H and O–H groups in total. The first-order chi connectivity index (χ1) is 11.1. The zero-order valence-electron chi connectivity index (χ0n) is 12.6. The standard InChI is InChI=1S/C19H15Cl3P.BrH/c20-19(21,22)23(16-10-4-1-5-11-16,17-12-6-2-7-13-17)18-14-8-3-9-15-18;/h1-15H;1H/q+1;/p-1. The summed E-state index contributed by atoms with van der Waals surface area (Å²) >= 11 is 19.9. The van der Waals surface area contributed by atoms with Crippen molar-refractivity contribution in [2.24, 2.45) is 0 Å². The summed E-state index contributed by atoms with van der Waals surface area (Å²) in [5.74, 6) is 0. The Hall–Kier alpha value is -0.560. The van der Waals surface area contributed by atoms with E-state index < -0.39 is 10.8 Å². The fourth-order valence-electron chi connectivity index (χ4n) is 2.84. The van der Waals surface area contributed by atoms with E-state index in [2.05, 4.69) is 36.4 Å². The highest BCUT2D eigenvalue weighted by molar-refractivity contribution is 8.00. The molecule has 0 nitrogen and oxygen atoms in total. The molecular formula is C19H15BrCl3P. The highest BCUT2D eigenvalue weighted by Crippen LogP contribution is 2.71. The zero-order valence-corrected chi connectivity index (χ0v) is 17.4. The summed E-state index contributed by atoms with van der Waals surface area (Å²) in [4.78, 5) is 0. The number of benzene rings is 3. The maximum atomic E-state index is 6.64. The highest BCUT2D eigenvalue weighted by atomic mass is 79.9. The lowest BCUT2D eigenvalue weighted by Crippen LogP contribution is -3.00. The molecule has 0 aliphatic carbocycles. The van der Waals surface area contributed by atoms with Crippen LogP contribution in [0, 0.1) is 0 Å². The van der Waals surface area contributed by atoms with Crippen LogP contribution in [0.5, 0.6) is 0 Å². The van der Waals surface area contributed by atoms with Gasteiger partial charge in [-0.1, -0.05) is 54.6 Å². The van der Waals surface area contributed by atoms with Crippen LogP contribution in [0.2, 0.25) is 0 Å². The summed E-state index contributed by atoms with van der Waals surface area (Å²) < 4.78 is -1.45. The van der Waals surface area contributed by atoms with Gasteiger partial charge in [-0.15, -0.1) is 0 Å². The van der Waals surface area contributed by atoms with Crippen LogP contribution >= 0.6 is 42.1 Å². The molecule has 0 aliphatic heterocycles. The zero-order chi connectivity index (χ0) is 16.3. The van der Waals surface area contributed by atoms with Gasteiger partial charge in [-0.2, -0.15) is 0 Å². The van der Waals surface area contributed by atoms with E-state index in [4.69, 9.17) is 34.8 Å². The van der Waals surface area contributed by atoms with Crippen LogP contribution in [0.15, 0.2) is 91.0 Å². The van der Waals surface area contributed by atoms with Gasteiger partial charge in [-0.3, -0.25) is 0 Å². The summed E-state index contributed by atoms with van der Waals surface area (Å²) in [7, 11) is -2.44. The fraction of sp³-hybridized carbons (Fsp3) is 0.0526. The normalized spacial score (nSPS) is 11.6. The first kappa shape index (κ1) is 19.8. The molecule has 0 heterocycles.